The molecule has 3 N–H and O–H groups in total. The summed E-state index contributed by atoms with van der Waals surface area (Å²) >= 11 is 0. The highest BCUT2D eigenvalue weighted by molar-refractivity contribution is 4.80. The summed E-state index contributed by atoms with van der Waals surface area (Å²) in [7, 11) is 1.35. The van der Waals surface area contributed by atoms with Gasteiger partial charge in [0.2, 0.25) is 0 Å². The number of hydrogen-bond acceptors (Lipinski definition) is 6. The molecule has 1 aliphatic heterocycles. The molecule has 0 unspecified atom stereocenters. The van der Waals surface area contributed by atoms with Gasteiger partial charge in [-0.1, -0.05) is 0 Å². The van der Waals surface area contributed by atoms with Crippen LogP contribution in [0.3, 0.4) is 0 Å². The predicted octanol–water partition coefficient (Wildman–Crippen LogP) is -1.95. The number of aliphatic hydroxyl groups is 3. The molecule has 1 fully saturated rings. The Morgan fingerprint density at radius 2 is 2.00 bits per heavy atom. The number of hydrogen-bond donors (Lipinski definition) is 3. The Morgan fingerprint density at radius 3 is 2.54 bits per heavy atom. The van der Waals surface area contributed by atoms with E-state index < -0.39 is 24.6 Å². The maximum absolute atomic E-state index is 9.43. The van der Waals surface area contributed by atoms with Gasteiger partial charge in [0.05, 0.1) is 6.61 Å². The quantitative estimate of drug-likeness (QED) is 0.473. The van der Waals surface area contributed by atoms with E-state index >= 15 is 0 Å². The van der Waals surface area contributed by atoms with Crippen molar-refractivity contribution in [2.75, 3.05) is 20.5 Å². The molecule has 0 radical (unpaired) electrons. The Morgan fingerprint density at radius 1 is 1.31 bits per heavy atom. The smallest absolute Gasteiger partial charge is 0.188 e. The van der Waals surface area contributed by atoms with Crippen LogP contribution in [0.5, 0.6) is 0 Å². The number of ether oxygens (including phenoxy) is 3. The topological polar surface area (TPSA) is 88.4 Å². The van der Waals surface area contributed by atoms with E-state index in [9.17, 15) is 10.2 Å². The summed E-state index contributed by atoms with van der Waals surface area (Å²) in [5.41, 5.74) is 0. The van der Waals surface area contributed by atoms with Gasteiger partial charge >= 0.3 is 0 Å². The van der Waals surface area contributed by atoms with E-state index in [0.717, 1.165) is 0 Å². The molecule has 4 atom stereocenters. The second-order valence-electron chi connectivity index (χ2n) is 2.76. The summed E-state index contributed by atoms with van der Waals surface area (Å²) in [4.78, 5) is 0. The van der Waals surface area contributed by atoms with E-state index in [4.69, 9.17) is 19.3 Å². The Labute approximate surface area is 75.6 Å². The van der Waals surface area contributed by atoms with E-state index in [1.165, 1.54) is 7.11 Å². The van der Waals surface area contributed by atoms with Gasteiger partial charge in [0.1, 0.15) is 18.3 Å². The normalized spacial score (nSPS) is 41.5. The SMILES string of the molecule is CO[C@H]1OCO[C@H](CO)[C@@H](O)[C@@H]1O. The Balaban J connectivity index is 2.61. The zero-order valence-electron chi connectivity index (χ0n) is 7.29. The van der Waals surface area contributed by atoms with Crippen LogP contribution >= 0.6 is 0 Å². The van der Waals surface area contributed by atoms with Gasteiger partial charge in [-0.25, -0.2) is 0 Å². The van der Waals surface area contributed by atoms with Gasteiger partial charge in [0.15, 0.2) is 13.1 Å². The Kier molecular flexibility index (Phi) is 4.04. The first-order chi connectivity index (χ1) is 6.20. The molecule has 0 spiro atoms. The fourth-order valence-corrected chi connectivity index (χ4v) is 1.14. The summed E-state index contributed by atoms with van der Waals surface area (Å²) in [5.74, 6) is 0. The molecular formula is C7H14O6. The number of rotatable bonds is 2. The second kappa shape index (κ2) is 4.85. The van der Waals surface area contributed by atoms with E-state index in [1.54, 1.807) is 0 Å². The highest BCUT2D eigenvalue weighted by atomic mass is 16.8. The minimum atomic E-state index is -1.22. The monoisotopic (exact) mass is 194 g/mol. The van der Waals surface area contributed by atoms with Gasteiger partial charge in [-0.2, -0.15) is 0 Å². The van der Waals surface area contributed by atoms with Gasteiger partial charge in [-0.15, -0.1) is 0 Å². The first-order valence-electron chi connectivity index (χ1n) is 3.93. The van der Waals surface area contributed by atoms with Crippen molar-refractivity contribution in [3.8, 4) is 0 Å². The van der Waals surface area contributed by atoms with E-state index in [0.29, 0.717) is 0 Å². The van der Waals surface area contributed by atoms with Crippen LogP contribution in [0.1, 0.15) is 0 Å². The zero-order chi connectivity index (χ0) is 9.84. The predicted molar refractivity (Wildman–Crippen MR) is 40.7 cm³/mol. The van der Waals surface area contributed by atoms with Crippen LogP contribution in [0.25, 0.3) is 0 Å². The molecule has 0 saturated carbocycles. The lowest BCUT2D eigenvalue weighted by atomic mass is 10.1. The Bertz CT molecular complexity index is 136. The second-order valence-corrected chi connectivity index (χ2v) is 2.76. The third-order valence-corrected chi connectivity index (χ3v) is 1.94. The highest BCUT2D eigenvalue weighted by Gasteiger charge is 2.36. The molecular weight excluding hydrogens is 180 g/mol. The minimum absolute atomic E-state index is 0.127. The summed E-state index contributed by atoms with van der Waals surface area (Å²) in [5, 5.41) is 27.6. The van der Waals surface area contributed by atoms with Gasteiger partial charge in [0, 0.05) is 7.11 Å². The molecule has 13 heavy (non-hydrogen) atoms. The van der Waals surface area contributed by atoms with Gasteiger partial charge in [0.25, 0.3) is 0 Å². The fraction of sp³-hybridized carbons (Fsp3) is 1.00. The van der Waals surface area contributed by atoms with Crippen molar-refractivity contribution >= 4 is 0 Å². The molecule has 0 amide bonds. The van der Waals surface area contributed by atoms with Gasteiger partial charge in [-0.05, 0) is 0 Å². The first kappa shape index (κ1) is 10.8. The molecule has 1 rings (SSSR count). The van der Waals surface area contributed by atoms with E-state index in [1.807, 2.05) is 0 Å². The lowest BCUT2D eigenvalue weighted by molar-refractivity contribution is -0.207. The number of aliphatic hydroxyl groups excluding tert-OH is 3. The molecule has 6 heteroatoms. The molecule has 0 aromatic rings. The minimum Gasteiger partial charge on any atom is -0.394 e. The first-order valence-corrected chi connectivity index (χ1v) is 3.93. The summed E-state index contributed by atoms with van der Waals surface area (Å²) in [6.07, 6.45) is -4.19. The van der Waals surface area contributed by atoms with Crippen LogP contribution in [0.15, 0.2) is 0 Å². The lowest BCUT2D eigenvalue weighted by Gasteiger charge is -2.23. The standard InChI is InChI=1S/C7H14O6/c1-11-7-6(10)5(9)4(2-8)12-3-13-7/h4-10H,2-3H2,1H3/t4-,5-,6+,7+/m1/s1. The molecule has 0 bridgehead atoms. The third-order valence-electron chi connectivity index (χ3n) is 1.94. The fourth-order valence-electron chi connectivity index (χ4n) is 1.14. The van der Waals surface area contributed by atoms with Crippen molar-refractivity contribution in [2.45, 2.75) is 24.6 Å². The van der Waals surface area contributed by atoms with Crippen LogP contribution in [-0.4, -0.2) is 60.4 Å². The lowest BCUT2D eigenvalue weighted by Crippen LogP contribution is -2.45. The van der Waals surface area contributed by atoms with Crippen molar-refractivity contribution in [3.63, 3.8) is 0 Å². The summed E-state index contributed by atoms with van der Waals surface area (Å²) < 4.78 is 14.6. The molecule has 78 valence electrons. The molecule has 0 aromatic carbocycles. The van der Waals surface area contributed by atoms with Crippen LogP contribution in [0.2, 0.25) is 0 Å². The maximum Gasteiger partial charge on any atom is 0.188 e. The average Bonchev–Trinajstić information content (AvgIpc) is 2.28. The third kappa shape index (κ3) is 2.37. The maximum atomic E-state index is 9.43. The Hall–Kier alpha value is -0.240. The van der Waals surface area contributed by atoms with Gasteiger partial charge < -0.3 is 29.5 Å². The average molecular weight is 194 g/mol. The summed E-state index contributed by atoms with van der Waals surface area (Å²) in [6.45, 7) is -0.504. The van der Waals surface area contributed by atoms with Crippen LogP contribution in [0.4, 0.5) is 0 Å². The van der Waals surface area contributed by atoms with Crippen molar-refractivity contribution < 1.29 is 29.5 Å². The van der Waals surface area contributed by atoms with E-state index in [-0.39, 0.29) is 13.4 Å². The van der Waals surface area contributed by atoms with Crippen LogP contribution < -0.4 is 0 Å². The van der Waals surface area contributed by atoms with Crippen molar-refractivity contribution in [3.05, 3.63) is 0 Å². The molecule has 0 aliphatic carbocycles. The molecule has 0 aromatic heterocycles. The number of methoxy groups -OCH3 is 1. The van der Waals surface area contributed by atoms with Crippen molar-refractivity contribution in [1.82, 2.24) is 0 Å². The molecule has 6 nitrogen and oxygen atoms in total. The largest absolute Gasteiger partial charge is 0.394 e. The van der Waals surface area contributed by atoms with Crippen LogP contribution in [-0.2, 0) is 14.2 Å². The van der Waals surface area contributed by atoms with Crippen molar-refractivity contribution in [1.29, 1.82) is 0 Å². The molecule has 1 aliphatic rings. The van der Waals surface area contributed by atoms with Crippen molar-refractivity contribution in [2.24, 2.45) is 0 Å². The highest BCUT2D eigenvalue weighted by Crippen LogP contribution is 2.15. The van der Waals surface area contributed by atoms with E-state index in [2.05, 4.69) is 0 Å². The van der Waals surface area contributed by atoms with Gasteiger partial charge in [-0.3, -0.25) is 0 Å². The molecule has 1 saturated heterocycles. The summed E-state index contributed by atoms with van der Waals surface area (Å²) in [6, 6.07) is 0. The zero-order valence-corrected chi connectivity index (χ0v) is 7.29. The molecule has 1 heterocycles. The van der Waals surface area contributed by atoms with Crippen LogP contribution in [0, 0.1) is 0 Å².